The number of pyridine rings is 1. The van der Waals surface area contributed by atoms with Gasteiger partial charge in [-0.2, -0.15) is 5.10 Å². The summed E-state index contributed by atoms with van der Waals surface area (Å²) in [6, 6.07) is 11.4. The van der Waals surface area contributed by atoms with Gasteiger partial charge in [-0.05, 0) is 44.9 Å². The molecule has 1 aliphatic heterocycles. The third-order valence-electron chi connectivity index (χ3n) is 6.04. The molecule has 2 unspecified atom stereocenters. The van der Waals surface area contributed by atoms with Gasteiger partial charge >= 0.3 is 6.09 Å². The van der Waals surface area contributed by atoms with Gasteiger partial charge in [0.25, 0.3) is 5.91 Å². The van der Waals surface area contributed by atoms with Gasteiger partial charge in [-0.1, -0.05) is 30.3 Å². The van der Waals surface area contributed by atoms with E-state index in [-0.39, 0.29) is 17.8 Å². The number of hydrogen-bond donors (Lipinski definition) is 3. The molecule has 3 aromatic rings. The highest BCUT2D eigenvalue weighted by molar-refractivity contribution is 5.97. The summed E-state index contributed by atoms with van der Waals surface area (Å²) in [5.41, 5.74) is 7.39. The van der Waals surface area contributed by atoms with Gasteiger partial charge < -0.3 is 25.8 Å². The topological polar surface area (TPSA) is 153 Å². The van der Waals surface area contributed by atoms with Crippen LogP contribution >= 0.6 is 0 Å². The molecule has 3 amide bonds. The Hall–Kier alpha value is -4.25. The Kier molecular flexibility index (Phi) is 7.77. The first kappa shape index (κ1) is 26.8. The normalized spacial score (nSPS) is 14.8. The minimum Gasteiger partial charge on any atom is -0.444 e. The number of aliphatic hydroxyl groups is 1. The van der Waals surface area contributed by atoms with Crippen LogP contribution in [-0.4, -0.2) is 67.0 Å². The van der Waals surface area contributed by atoms with Crippen LogP contribution in [-0.2, 0) is 28.9 Å². The Balaban J connectivity index is 1.56. The van der Waals surface area contributed by atoms with E-state index in [1.54, 1.807) is 29.4 Å². The van der Waals surface area contributed by atoms with E-state index in [0.717, 1.165) is 16.8 Å². The molecule has 1 aromatic carbocycles. The minimum atomic E-state index is -1.59. The van der Waals surface area contributed by atoms with Crippen LogP contribution in [0.25, 0.3) is 5.82 Å². The first-order valence-electron chi connectivity index (χ1n) is 12.3. The summed E-state index contributed by atoms with van der Waals surface area (Å²) in [6.45, 7) is 6.24. The summed E-state index contributed by atoms with van der Waals surface area (Å²) < 4.78 is 7.00. The van der Waals surface area contributed by atoms with Crippen molar-refractivity contribution in [2.24, 2.45) is 5.73 Å². The summed E-state index contributed by atoms with van der Waals surface area (Å²) in [6.07, 6.45) is 2.02. The average molecular weight is 521 g/mol. The van der Waals surface area contributed by atoms with E-state index in [1.807, 2.05) is 51.1 Å². The van der Waals surface area contributed by atoms with Gasteiger partial charge in [-0.3, -0.25) is 9.59 Å². The lowest BCUT2D eigenvalue weighted by molar-refractivity contribution is -0.127. The average Bonchev–Trinajstić information content (AvgIpc) is 3.31. The SMILES string of the molecule is CC(C)(C)OC(=O)N1CCc2nn(-c3ncccc3C(=O)NC(Cc3ccccc3)C(O)C(N)=O)cc2C1. The summed E-state index contributed by atoms with van der Waals surface area (Å²) in [5.74, 6) is -1.21. The molecule has 3 heterocycles. The van der Waals surface area contributed by atoms with Crippen molar-refractivity contribution in [2.45, 2.75) is 57.9 Å². The first-order valence-corrected chi connectivity index (χ1v) is 12.3. The number of carbonyl (C=O) groups is 3. The Morgan fingerprint density at radius 3 is 2.58 bits per heavy atom. The molecule has 200 valence electrons. The standard InChI is InChI=1S/C27H32N6O5/c1-27(2,3)38-26(37)32-13-11-20-18(15-32)16-33(31-20)24-19(10-7-12-29-24)25(36)30-21(22(34)23(28)35)14-17-8-5-4-6-9-17/h4-10,12,16,21-22,34H,11,13-15H2,1-3H3,(H2,28,35)(H,30,36). The van der Waals surface area contributed by atoms with E-state index in [9.17, 15) is 19.5 Å². The Morgan fingerprint density at radius 1 is 1.16 bits per heavy atom. The maximum Gasteiger partial charge on any atom is 0.410 e. The molecule has 2 atom stereocenters. The number of primary amides is 1. The van der Waals surface area contributed by atoms with E-state index < -0.39 is 35.7 Å². The third kappa shape index (κ3) is 6.35. The lowest BCUT2D eigenvalue weighted by Crippen LogP contribution is -2.50. The second-order valence-electron chi connectivity index (χ2n) is 10.2. The molecule has 38 heavy (non-hydrogen) atoms. The van der Waals surface area contributed by atoms with Crippen LogP contribution in [0.2, 0.25) is 0 Å². The molecule has 1 aliphatic rings. The Bertz CT molecular complexity index is 1320. The van der Waals surface area contributed by atoms with E-state index in [0.29, 0.717) is 19.5 Å². The number of hydrogen-bond acceptors (Lipinski definition) is 7. The summed E-state index contributed by atoms with van der Waals surface area (Å²) >= 11 is 0. The monoisotopic (exact) mass is 520 g/mol. The number of nitrogens with two attached hydrogens (primary N) is 1. The quantitative estimate of drug-likeness (QED) is 0.429. The molecule has 0 fully saturated rings. The van der Waals surface area contributed by atoms with Gasteiger partial charge in [0.1, 0.15) is 5.60 Å². The van der Waals surface area contributed by atoms with Crippen molar-refractivity contribution in [2.75, 3.05) is 6.54 Å². The largest absolute Gasteiger partial charge is 0.444 e. The molecular formula is C27H32N6O5. The predicted octanol–water partition coefficient (Wildman–Crippen LogP) is 1.75. The van der Waals surface area contributed by atoms with Crippen molar-refractivity contribution < 1.29 is 24.2 Å². The van der Waals surface area contributed by atoms with Crippen molar-refractivity contribution in [1.29, 1.82) is 0 Å². The number of ether oxygens (including phenoxy) is 1. The van der Waals surface area contributed by atoms with Crippen LogP contribution in [0, 0.1) is 0 Å². The molecule has 2 aromatic heterocycles. The van der Waals surface area contributed by atoms with E-state index in [1.165, 1.54) is 4.68 Å². The highest BCUT2D eigenvalue weighted by Gasteiger charge is 2.30. The van der Waals surface area contributed by atoms with Crippen LogP contribution in [0.4, 0.5) is 4.79 Å². The third-order valence-corrected chi connectivity index (χ3v) is 6.04. The van der Waals surface area contributed by atoms with E-state index >= 15 is 0 Å². The molecule has 0 spiro atoms. The second kappa shape index (κ2) is 11.0. The number of nitrogens with zero attached hydrogens (tertiary/aromatic N) is 4. The minimum absolute atomic E-state index is 0.197. The Labute approximate surface area is 220 Å². The molecule has 0 saturated carbocycles. The zero-order valence-corrected chi connectivity index (χ0v) is 21.6. The first-order chi connectivity index (χ1) is 18.0. The maximum absolute atomic E-state index is 13.4. The lowest BCUT2D eigenvalue weighted by Gasteiger charge is -2.29. The molecule has 11 heteroatoms. The lowest BCUT2D eigenvalue weighted by atomic mass is 10.0. The van der Waals surface area contributed by atoms with Crippen molar-refractivity contribution in [3.05, 3.63) is 77.2 Å². The number of aliphatic hydroxyl groups excluding tert-OH is 1. The highest BCUT2D eigenvalue weighted by atomic mass is 16.6. The number of carbonyl (C=O) groups excluding carboxylic acids is 3. The molecule has 0 radical (unpaired) electrons. The molecule has 0 bridgehead atoms. The number of aromatic nitrogens is 3. The smallest absolute Gasteiger partial charge is 0.410 e. The molecule has 4 N–H and O–H groups in total. The fourth-order valence-electron chi connectivity index (χ4n) is 4.22. The zero-order valence-electron chi connectivity index (χ0n) is 21.6. The van der Waals surface area contributed by atoms with Crippen LogP contribution in [0.5, 0.6) is 0 Å². The Morgan fingerprint density at radius 2 is 1.89 bits per heavy atom. The van der Waals surface area contributed by atoms with E-state index in [2.05, 4.69) is 15.4 Å². The van der Waals surface area contributed by atoms with Crippen molar-refractivity contribution in [3.8, 4) is 5.82 Å². The van der Waals surface area contributed by atoms with Gasteiger partial charge in [0.15, 0.2) is 11.9 Å². The van der Waals surface area contributed by atoms with E-state index in [4.69, 9.17) is 10.5 Å². The van der Waals surface area contributed by atoms with Crippen LogP contribution in [0.3, 0.4) is 0 Å². The summed E-state index contributed by atoms with van der Waals surface area (Å²) in [4.78, 5) is 43.6. The number of rotatable bonds is 7. The van der Waals surface area contributed by atoms with Crippen LogP contribution in [0.1, 0.15) is 48.0 Å². The van der Waals surface area contributed by atoms with Crippen LogP contribution < -0.4 is 11.1 Å². The maximum atomic E-state index is 13.4. The molecule has 0 saturated heterocycles. The second-order valence-corrected chi connectivity index (χ2v) is 10.2. The predicted molar refractivity (Wildman–Crippen MR) is 138 cm³/mol. The zero-order chi connectivity index (χ0) is 27.4. The fraction of sp³-hybridized carbons (Fsp3) is 0.370. The molecule has 0 aliphatic carbocycles. The fourth-order valence-corrected chi connectivity index (χ4v) is 4.22. The van der Waals surface area contributed by atoms with Gasteiger partial charge in [0, 0.05) is 30.9 Å². The van der Waals surface area contributed by atoms with Crippen molar-refractivity contribution >= 4 is 17.9 Å². The van der Waals surface area contributed by atoms with Gasteiger partial charge in [0.2, 0.25) is 5.91 Å². The van der Waals surface area contributed by atoms with Gasteiger partial charge in [-0.15, -0.1) is 0 Å². The summed E-state index contributed by atoms with van der Waals surface area (Å²) in [5, 5.41) is 17.8. The summed E-state index contributed by atoms with van der Waals surface area (Å²) in [7, 11) is 0. The van der Waals surface area contributed by atoms with Gasteiger partial charge in [0.05, 0.1) is 23.8 Å². The van der Waals surface area contributed by atoms with Gasteiger partial charge in [-0.25, -0.2) is 14.5 Å². The van der Waals surface area contributed by atoms with Crippen LogP contribution in [0.15, 0.2) is 54.9 Å². The number of amides is 3. The molecule has 4 rings (SSSR count). The molecule has 11 nitrogen and oxygen atoms in total. The van der Waals surface area contributed by atoms with Crippen molar-refractivity contribution in [1.82, 2.24) is 25.0 Å². The number of nitrogens with one attached hydrogen (secondary N) is 1. The molecular weight excluding hydrogens is 488 g/mol. The van der Waals surface area contributed by atoms with Crippen molar-refractivity contribution in [3.63, 3.8) is 0 Å². The number of fused-ring (bicyclic) bond motifs is 1. The highest BCUT2D eigenvalue weighted by Crippen LogP contribution is 2.22. The number of benzene rings is 1.